The number of anilines is 1. The van der Waals surface area contributed by atoms with Crippen LogP contribution >= 0.6 is 23.2 Å². The Morgan fingerprint density at radius 1 is 1.00 bits per heavy atom. The van der Waals surface area contributed by atoms with Crippen LogP contribution in [0, 0.1) is 0 Å². The van der Waals surface area contributed by atoms with Crippen molar-refractivity contribution >= 4 is 40.1 Å². The molecule has 1 heterocycles. The molecule has 3 rings (SSSR count). The fourth-order valence-electron chi connectivity index (χ4n) is 1.86. The van der Waals surface area contributed by atoms with Crippen molar-refractivity contribution in [3.05, 3.63) is 52.5 Å². The third-order valence-electron chi connectivity index (χ3n) is 2.82. The van der Waals surface area contributed by atoms with Crippen molar-refractivity contribution in [1.82, 2.24) is 9.97 Å². The lowest BCUT2D eigenvalue weighted by Gasteiger charge is -2.11. The Balaban J connectivity index is 2.13. The molecule has 0 unspecified atom stereocenters. The zero-order chi connectivity index (χ0) is 14.8. The number of nitrogen functional groups attached to an aromatic ring is 1. The van der Waals surface area contributed by atoms with Crippen LogP contribution in [0.4, 0.5) is 5.95 Å². The quantitative estimate of drug-likeness (QED) is 0.563. The first-order valence-electron chi connectivity index (χ1n) is 6.04. The lowest BCUT2D eigenvalue weighted by atomic mass is 10.2. The molecule has 0 aliphatic rings. The lowest BCUT2D eigenvalue weighted by Crippen LogP contribution is -2.11. The highest BCUT2D eigenvalue weighted by Gasteiger charge is 2.12. The topological polar surface area (TPSA) is 73.1 Å². The van der Waals surface area contributed by atoms with E-state index < -0.39 is 0 Å². The van der Waals surface area contributed by atoms with Gasteiger partial charge < -0.3 is 4.74 Å². The predicted octanol–water partition coefficient (Wildman–Crippen LogP) is 4.01. The minimum atomic E-state index is 0.252. The molecule has 0 fully saturated rings. The Bertz CT molecular complexity index is 810. The van der Waals surface area contributed by atoms with E-state index in [0.717, 1.165) is 5.39 Å². The van der Waals surface area contributed by atoms with Crippen molar-refractivity contribution in [3.8, 4) is 11.6 Å². The van der Waals surface area contributed by atoms with Gasteiger partial charge in [-0.2, -0.15) is 4.98 Å². The highest BCUT2D eigenvalue weighted by Crippen LogP contribution is 2.36. The largest absolute Gasteiger partial charge is 0.437 e. The molecule has 0 saturated heterocycles. The molecule has 0 saturated carbocycles. The molecule has 106 valence electrons. The van der Waals surface area contributed by atoms with Crippen LogP contribution in [0.2, 0.25) is 10.0 Å². The summed E-state index contributed by atoms with van der Waals surface area (Å²) in [4.78, 5) is 8.46. The Hall–Kier alpha value is -2.08. The zero-order valence-electron chi connectivity index (χ0n) is 10.7. The number of hydrogen-bond acceptors (Lipinski definition) is 5. The van der Waals surface area contributed by atoms with Crippen molar-refractivity contribution in [2.45, 2.75) is 0 Å². The van der Waals surface area contributed by atoms with Crippen LogP contribution in [0.5, 0.6) is 11.6 Å². The number of halogens is 2. The number of hydrogen-bond donors (Lipinski definition) is 2. The van der Waals surface area contributed by atoms with Gasteiger partial charge in [0.1, 0.15) is 10.8 Å². The minimum Gasteiger partial charge on any atom is -0.437 e. The van der Waals surface area contributed by atoms with Crippen molar-refractivity contribution in [1.29, 1.82) is 0 Å². The maximum atomic E-state index is 6.13. The van der Waals surface area contributed by atoms with Crippen molar-refractivity contribution in [2.75, 3.05) is 5.43 Å². The molecule has 0 aliphatic carbocycles. The number of aromatic nitrogens is 2. The Morgan fingerprint density at radius 3 is 2.62 bits per heavy atom. The molecule has 5 nitrogen and oxygen atoms in total. The van der Waals surface area contributed by atoms with Gasteiger partial charge in [-0.05, 0) is 24.3 Å². The smallest absolute Gasteiger partial charge is 0.241 e. The molecule has 0 amide bonds. The number of hydrazine groups is 1. The van der Waals surface area contributed by atoms with Gasteiger partial charge in [0.2, 0.25) is 11.8 Å². The fraction of sp³-hybridized carbons (Fsp3) is 0. The maximum absolute atomic E-state index is 6.13. The molecule has 0 aliphatic heterocycles. The second-order valence-corrected chi connectivity index (χ2v) is 4.95. The van der Waals surface area contributed by atoms with E-state index in [0.29, 0.717) is 27.2 Å². The van der Waals surface area contributed by atoms with E-state index in [1.807, 2.05) is 24.3 Å². The number of benzene rings is 2. The summed E-state index contributed by atoms with van der Waals surface area (Å²) >= 11 is 12.1. The Kier molecular flexibility index (Phi) is 3.79. The summed E-state index contributed by atoms with van der Waals surface area (Å²) in [6, 6.07) is 12.6. The van der Waals surface area contributed by atoms with Gasteiger partial charge in [-0.25, -0.2) is 10.8 Å². The molecule has 3 aromatic rings. The summed E-state index contributed by atoms with van der Waals surface area (Å²) in [5.41, 5.74) is 3.11. The Labute approximate surface area is 130 Å². The monoisotopic (exact) mass is 320 g/mol. The van der Waals surface area contributed by atoms with Crippen LogP contribution < -0.4 is 16.0 Å². The van der Waals surface area contributed by atoms with E-state index in [1.165, 1.54) is 0 Å². The molecule has 0 bridgehead atoms. The summed E-state index contributed by atoms with van der Waals surface area (Å²) in [5.74, 6) is 6.39. The summed E-state index contributed by atoms with van der Waals surface area (Å²) in [7, 11) is 0. The number of rotatable bonds is 3. The average molecular weight is 321 g/mol. The number of nitrogens with zero attached hydrogens (tertiary/aromatic N) is 2. The summed E-state index contributed by atoms with van der Waals surface area (Å²) < 4.78 is 5.78. The first-order valence-corrected chi connectivity index (χ1v) is 6.80. The van der Waals surface area contributed by atoms with Gasteiger partial charge in [-0.15, -0.1) is 0 Å². The zero-order valence-corrected chi connectivity index (χ0v) is 12.2. The van der Waals surface area contributed by atoms with Crippen molar-refractivity contribution in [2.24, 2.45) is 5.84 Å². The summed E-state index contributed by atoms with van der Waals surface area (Å²) in [6.45, 7) is 0. The van der Waals surface area contributed by atoms with Gasteiger partial charge in [0.25, 0.3) is 0 Å². The van der Waals surface area contributed by atoms with E-state index in [-0.39, 0.29) is 5.95 Å². The third kappa shape index (κ3) is 2.71. The number of nitrogens with one attached hydrogen (secondary N) is 1. The second-order valence-electron chi connectivity index (χ2n) is 4.17. The third-order valence-corrected chi connectivity index (χ3v) is 3.62. The lowest BCUT2D eigenvalue weighted by molar-refractivity contribution is 0.469. The number of nitrogens with two attached hydrogens (primary N) is 1. The van der Waals surface area contributed by atoms with Gasteiger partial charge >= 0.3 is 0 Å². The average Bonchev–Trinajstić information content (AvgIpc) is 2.51. The normalized spacial score (nSPS) is 10.6. The van der Waals surface area contributed by atoms with Crippen LogP contribution in [0.1, 0.15) is 0 Å². The van der Waals surface area contributed by atoms with Gasteiger partial charge in [0.05, 0.1) is 15.9 Å². The van der Waals surface area contributed by atoms with E-state index in [1.54, 1.807) is 18.2 Å². The van der Waals surface area contributed by atoms with E-state index in [9.17, 15) is 0 Å². The molecule has 7 heteroatoms. The molecule has 1 aromatic heterocycles. The van der Waals surface area contributed by atoms with Crippen LogP contribution in [-0.4, -0.2) is 9.97 Å². The highest BCUT2D eigenvalue weighted by molar-refractivity contribution is 6.42. The number of fused-ring (bicyclic) bond motifs is 1. The second kappa shape index (κ2) is 5.73. The van der Waals surface area contributed by atoms with E-state index >= 15 is 0 Å². The number of ether oxygens (including phenoxy) is 1. The van der Waals surface area contributed by atoms with Crippen molar-refractivity contribution in [3.63, 3.8) is 0 Å². The fourth-order valence-corrected chi connectivity index (χ4v) is 2.19. The maximum Gasteiger partial charge on any atom is 0.241 e. The minimum absolute atomic E-state index is 0.252. The predicted molar refractivity (Wildman–Crippen MR) is 83.9 cm³/mol. The molecule has 2 aromatic carbocycles. The molecule has 3 N–H and O–H groups in total. The highest BCUT2D eigenvalue weighted by atomic mass is 35.5. The van der Waals surface area contributed by atoms with E-state index in [4.69, 9.17) is 33.8 Å². The van der Waals surface area contributed by atoms with Gasteiger partial charge in [0.15, 0.2) is 0 Å². The summed E-state index contributed by atoms with van der Waals surface area (Å²) in [5, 5.41) is 1.47. The van der Waals surface area contributed by atoms with E-state index in [2.05, 4.69) is 15.4 Å². The van der Waals surface area contributed by atoms with Crippen molar-refractivity contribution < 1.29 is 4.74 Å². The molecule has 0 radical (unpaired) electrons. The Morgan fingerprint density at radius 2 is 1.81 bits per heavy atom. The standard InChI is InChI=1S/C14H10Cl2N4O/c15-9-5-3-7-11(12(9)16)21-13-8-4-1-2-6-10(8)18-14(19-13)20-17/h1-7H,17H2,(H,18,19,20). The summed E-state index contributed by atoms with van der Waals surface area (Å²) in [6.07, 6.45) is 0. The van der Waals surface area contributed by atoms with Crippen LogP contribution in [-0.2, 0) is 0 Å². The first kappa shape index (κ1) is 13.9. The van der Waals surface area contributed by atoms with Crippen LogP contribution in [0.3, 0.4) is 0 Å². The first-order chi connectivity index (χ1) is 10.2. The molecule has 21 heavy (non-hydrogen) atoms. The molecule has 0 atom stereocenters. The SMILES string of the molecule is NNc1nc(Oc2cccc(Cl)c2Cl)c2ccccc2n1. The van der Waals surface area contributed by atoms with Crippen LogP contribution in [0.15, 0.2) is 42.5 Å². The molecule has 0 spiro atoms. The molecular formula is C14H10Cl2N4O. The van der Waals surface area contributed by atoms with Gasteiger partial charge in [-0.1, -0.05) is 41.4 Å². The van der Waals surface area contributed by atoms with Gasteiger partial charge in [-0.3, -0.25) is 5.43 Å². The van der Waals surface area contributed by atoms with Crippen LogP contribution in [0.25, 0.3) is 10.9 Å². The number of para-hydroxylation sites is 1. The molecular weight excluding hydrogens is 311 g/mol. The van der Waals surface area contributed by atoms with Gasteiger partial charge in [0, 0.05) is 0 Å².